The van der Waals surface area contributed by atoms with E-state index in [0.29, 0.717) is 18.7 Å². The number of hydrogen-bond acceptors (Lipinski definition) is 4. The fourth-order valence-corrected chi connectivity index (χ4v) is 5.15. The zero-order chi connectivity index (χ0) is 21.7. The first-order valence-electron chi connectivity index (χ1n) is 11.9. The van der Waals surface area contributed by atoms with Gasteiger partial charge in [0.1, 0.15) is 12.3 Å². The van der Waals surface area contributed by atoms with Crippen molar-refractivity contribution in [2.75, 3.05) is 19.7 Å². The zero-order valence-electron chi connectivity index (χ0n) is 18.6. The average Bonchev–Trinajstić information content (AvgIpc) is 3.35. The molecule has 32 heavy (non-hydrogen) atoms. The molecule has 0 radical (unpaired) electrons. The Hall–Kier alpha value is -2.70. The van der Waals surface area contributed by atoms with E-state index in [9.17, 15) is 4.79 Å². The van der Waals surface area contributed by atoms with Gasteiger partial charge in [-0.1, -0.05) is 6.07 Å². The van der Waals surface area contributed by atoms with Gasteiger partial charge in [0.25, 0.3) is 0 Å². The minimum absolute atomic E-state index is 0.120. The number of pyridine rings is 1. The van der Waals surface area contributed by atoms with Gasteiger partial charge in [-0.2, -0.15) is 0 Å². The van der Waals surface area contributed by atoms with Gasteiger partial charge >= 0.3 is 0 Å². The van der Waals surface area contributed by atoms with E-state index in [0.717, 1.165) is 50.0 Å². The van der Waals surface area contributed by atoms with Crippen molar-refractivity contribution < 1.29 is 9.53 Å². The van der Waals surface area contributed by atoms with Crippen molar-refractivity contribution in [3.8, 4) is 11.1 Å². The molecule has 2 fully saturated rings. The Kier molecular flexibility index (Phi) is 5.00. The quantitative estimate of drug-likeness (QED) is 0.641. The maximum atomic E-state index is 12.8. The van der Waals surface area contributed by atoms with Crippen LogP contribution in [0, 0.1) is 6.92 Å². The minimum Gasteiger partial charge on any atom is -0.368 e. The Morgan fingerprint density at radius 3 is 2.94 bits per heavy atom. The molecule has 2 aliphatic heterocycles. The Balaban J connectivity index is 1.35. The van der Waals surface area contributed by atoms with Gasteiger partial charge in [0.2, 0.25) is 5.91 Å². The predicted octanol–water partition coefficient (Wildman–Crippen LogP) is 4.03. The summed E-state index contributed by atoms with van der Waals surface area (Å²) < 4.78 is 5.69. The highest BCUT2D eigenvalue weighted by molar-refractivity contribution is 5.85. The fraction of sp³-hybridized carbons (Fsp3) is 0.462. The second kappa shape index (κ2) is 8.01. The predicted molar refractivity (Wildman–Crippen MR) is 124 cm³/mol. The molecule has 0 bridgehead atoms. The number of fused-ring (bicyclic) bond motifs is 2. The monoisotopic (exact) mass is 430 g/mol. The van der Waals surface area contributed by atoms with Gasteiger partial charge in [0, 0.05) is 42.5 Å². The lowest BCUT2D eigenvalue weighted by molar-refractivity contribution is -0.137. The van der Waals surface area contributed by atoms with E-state index in [-0.39, 0.29) is 12.5 Å². The number of rotatable bonds is 5. The number of aromatic nitrogens is 2. The fourth-order valence-electron chi connectivity index (χ4n) is 5.15. The van der Waals surface area contributed by atoms with Crippen LogP contribution in [0.5, 0.6) is 0 Å². The van der Waals surface area contributed by atoms with Crippen LogP contribution in [-0.2, 0) is 22.5 Å². The van der Waals surface area contributed by atoms with Crippen LogP contribution in [0.15, 0.2) is 30.6 Å². The van der Waals surface area contributed by atoms with Crippen molar-refractivity contribution >= 4 is 16.9 Å². The molecule has 1 amide bonds. The Labute approximate surface area is 188 Å². The molecule has 4 heterocycles. The van der Waals surface area contributed by atoms with E-state index < -0.39 is 0 Å². The Morgan fingerprint density at radius 1 is 1.22 bits per heavy atom. The number of nitrogens with zero attached hydrogens (tertiary/aromatic N) is 2. The molecule has 166 valence electrons. The maximum absolute atomic E-state index is 12.8. The van der Waals surface area contributed by atoms with E-state index in [1.807, 2.05) is 17.3 Å². The summed E-state index contributed by atoms with van der Waals surface area (Å²) in [6.07, 6.45) is 9.71. The van der Waals surface area contributed by atoms with Crippen molar-refractivity contribution in [2.45, 2.75) is 57.7 Å². The van der Waals surface area contributed by atoms with Crippen molar-refractivity contribution in [3.63, 3.8) is 0 Å². The van der Waals surface area contributed by atoms with Crippen LogP contribution in [0.25, 0.3) is 22.2 Å². The standard InChI is InChI=1S/C26H30N4O2/c1-16-12-28-26-21(16)11-19(13-29-26)18-9-17-6-8-30(25(31)15-32-20-4-5-20)14-23(17)22(10-18)24-3-2-7-27-24/h9-13,20,24,27H,2-8,14-15H2,1H3,(H,28,29)/t24-/m0/s1. The SMILES string of the molecule is Cc1c[nH]c2ncc(-c3cc4c(c([C@@H]5CCCN5)c3)CN(C(=O)COC3CC3)CC4)cc12. The topological polar surface area (TPSA) is 70.2 Å². The molecule has 6 rings (SSSR count). The first-order chi connectivity index (χ1) is 15.7. The number of aryl methyl sites for hydroxylation is 1. The molecule has 1 atom stereocenters. The number of hydrogen-bond donors (Lipinski definition) is 2. The van der Waals surface area contributed by atoms with E-state index in [4.69, 9.17) is 4.74 Å². The molecule has 3 aliphatic rings. The molecule has 6 nitrogen and oxygen atoms in total. The molecule has 6 heteroatoms. The van der Waals surface area contributed by atoms with Crippen molar-refractivity contribution in [1.29, 1.82) is 0 Å². The Morgan fingerprint density at radius 2 is 2.12 bits per heavy atom. The van der Waals surface area contributed by atoms with Gasteiger partial charge in [0.05, 0.1) is 6.10 Å². The first-order valence-corrected chi connectivity index (χ1v) is 11.9. The normalized spacial score (nSPS) is 20.7. The third kappa shape index (κ3) is 3.71. The highest BCUT2D eigenvalue weighted by atomic mass is 16.5. The first kappa shape index (κ1) is 19.9. The molecule has 3 aromatic rings. The van der Waals surface area contributed by atoms with Gasteiger partial charge in [-0.05, 0) is 85.5 Å². The number of nitrogens with one attached hydrogen (secondary N) is 2. The molecule has 0 spiro atoms. The third-order valence-electron chi connectivity index (χ3n) is 7.20. The van der Waals surface area contributed by atoms with Crippen molar-refractivity contribution in [1.82, 2.24) is 20.2 Å². The number of aromatic amines is 1. The smallest absolute Gasteiger partial charge is 0.248 e. The number of benzene rings is 1. The van der Waals surface area contributed by atoms with Crippen LogP contribution >= 0.6 is 0 Å². The van der Waals surface area contributed by atoms with E-state index in [1.54, 1.807) is 0 Å². The number of ether oxygens (including phenoxy) is 1. The summed E-state index contributed by atoms with van der Waals surface area (Å²) in [5.74, 6) is 0.120. The Bertz CT molecular complexity index is 1170. The number of H-pyrrole nitrogens is 1. The molecule has 1 aromatic carbocycles. The lowest BCUT2D eigenvalue weighted by atomic mass is 9.87. The second-order valence-electron chi connectivity index (χ2n) is 9.52. The highest BCUT2D eigenvalue weighted by Crippen LogP contribution is 2.36. The zero-order valence-corrected chi connectivity index (χ0v) is 18.6. The van der Waals surface area contributed by atoms with E-state index in [1.165, 1.54) is 39.6 Å². The maximum Gasteiger partial charge on any atom is 0.248 e. The van der Waals surface area contributed by atoms with Crippen LogP contribution in [0.2, 0.25) is 0 Å². The van der Waals surface area contributed by atoms with E-state index in [2.05, 4.69) is 40.4 Å². The molecular weight excluding hydrogens is 400 g/mol. The van der Waals surface area contributed by atoms with Crippen molar-refractivity contribution in [2.24, 2.45) is 0 Å². The summed E-state index contributed by atoms with van der Waals surface area (Å²) >= 11 is 0. The van der Waals surface area contributed by atoms with Crippen LogP contribution in [0.3, 0.4) is 0 Å². The third-order valence-corrected chi connectivity index (χ3v) is 7.20. The van der Waals surface area contributed by atoms with Crippen LogP contribution < -0.4 is 5.32 Å². The van der Waals surface area contributed by atoms with Crippen molar-refractivity contribution in [3.05, 3.63) is 52.8 Å². The van der Waals surface area contributed by atoms with Gasteiger partial charge < -0.3 is 19.9 Å². The summed E-state index contributed by atoms with van der Waals surface area (Å²) in [6.45, 7) is 4.83. The van der Waals surface area contributed by atoms with Gasteiger partial charge in [-0.25, -0.2) is 4.98 Å². The summed E-state index contributed by atoms with van der Waals surface area (Å²) in [6, 6.07) is 7.25. The largest absolute Gasteiger partial charge is 0.368 e. The van der Waals surface area contributed by atoms with E-state index >= 15 is 0 Å². The number of carbonyl (C=O) groups excluding carboxylic acids is 1. The summed E-state index contributed by atoms with van der Waals surface area (Å²) in [4.78, 5) is 22.6. The second-order valence-corrected chi connectivity index (χ2v) is 9.52. The summed E-state index contributed by atoms with van der Waals surface area (Å²) in [7, 11) is 0. The molecular formula is C26H30N4O2. The highest BCUT2D eigenvalue weighted by Gasteiger charge is 2.29. The lowest BCUT2D eigenvalue weighted by Gasteiger charge is -2.32. The van der Waals surface area contributed by atoms with Crippen LogP contribution in [-0.4, -0.2) is 46.6 Å². The van der Waals surface area contributed by atoms with Gasteiger partial charge in [0.15, 0.2) is 0 Å². The van der Waals surface area contributed by atoms with Gasteiger partial charge in [-0.15, -0.1) is 0 Å². The van der Waals surface area contributed by atoms with Crippen LogP contribution in [0.4, 0.5) is 0 Å². The molecule has 2 N–H and O–H groups in total. The molecule has 1 aliphatic carbocycles. The minimum atomic E-state index is 0.120. The summed E-state index contributed by atoms with van der Waals surface area (Å²) in [5.41, 5.74) is 8.56. The average molecular weight is 431 g/mol. The van der Waals surface area contributed by atoms with Gasteiger partial charge in [-0.3, -0.25) is 4.79 Å². The molecule has 2 aromatic heterocycles. The lowest BCUT2D eigenvalue weighted by Crippen LogP contribution is -2.39. The van der Waals surface area contributed by atoms with Crippen LogP contribution in [0.1, 0.15) is 54.0 Å². The molecule has 0 unspecified atom stereocenters. The number of carbonyl (C=O) groups is 1. The summed E-state index contributed by atoms with van der Waals surface area (Å²) in [5, 5.41) is 4.85. The molecule has 1 saturated carbocycles. The number of amides is 1. The molecule has 1 saturated heterocycles.